The maximum absolute atomic E-state index is 5.96. The van der Waals surface area contributed by atoms with E-state index >= 15 is 0 Å². The van der Waals surface area contributed by atoms with Crippen LogP contribution in [0.5, 0.6) is 5.75 Å². The van der Waals surface area contributed by atoms with Crippen molar-refractivity contribution in [1.82, 2.24) is 0 Å². The number of hydrogen-bond acceptors (Lipinski definition) is 3. The normalized spacial score (nSPS) is 11.9. The van der Waals surface area contributed by atoms with E-state index in [0.717, 1.165) is 22.7 Å². The Balaban J connectivity index is 2.12. The number of ether oxygens (including phenoxy) is 1. The maximum atomic E-state index is 5.96. The fourth-order valence-electron chi connectivity index (χ4n) is 1.87. The molecule has 2 aromatic rings. The van der Waals surface area contributed by atoms with Crippen LogP contribution in [0.2, 0.25) is 0 Å². The molecule has 0 fully saturated rings. The SMILES string of the molecule is CC(Oc1cccc(N(C)C)c1)c1ccc(N)cc1. The first-order valence-corrected chi connectivity index (χ1v) is 6.36. The van der Waals surface area contributed by atoms with Crippen LogP contribution in [-0.2, 0) is 0 Å². The minimum Gasteiger partial charge on any atom is -0.486 e. The molecular formula is C16H20N2O. The molecule has 1 unspecified atom stereocenters. The van der Waals surface area contributed by atoms with Crippen LogP contribution in [0, 0.1) is 0 Å². The Morgan fingerprint density at radius 2 is 1.74 bits per heavy atom. The van der Waals surface area contributed by atoms with Gasteiger partial charge in [0.15, 0.2) is 0 Å². The summed E-state index contributed by atoms with van der Waals surface area (Å²) in [6.07, 6.45) is -0.00184. The minimum absolute atomic E-state index is 0.00184. The summed E-state index contributed by atoms with van der Waals surface area (Å²) in [4.78, 5) is 2.06. The van der Waals surface area contributed by atoms with Gasteiger partial charge >= 0.3 is 0 Å². The van der Waals surface area contributed by atoms with Gasteiger partial charge in [0.25, 0.3) is 0 Å². The van der Waals surface area contributed by atoms with Gasteiger partial charge in [-0.1, -0.05) is 18.2 Å². The van der Waals surface area contributed by atoms with Crippen LogP contribution in [0.25, 0.3) is 0 Å². The van der Waals surface area contributed by atoms with Gasteiger partial charge in [0.1, 0.15) is 11.9 Å². The third kappa shape index (κ3) is 3.41. The zero-order valence-electron chi connectivity index (χ0n) is 11.6. The Labute approximate surface area is 114 Å². The first-order valence-electron chi connectivity index (χ1n) is 6.36. The molecule has 0 heterocycles. The Kier molecular flexibility index (Phi) is 3.95. The van der Waals surface area contributed by atoms with Crippen LogP contribution in [0.15, 0.2) is 48.5 Å². The van der Waals surface area contributed by atoms with E-state index in [2.05, 4.69) is 11.0 Å². The summed E-state index contributed by atoms with van der Waals surface area (Å²) >= 11 is 0. The second-order valence-corrected chi connectivity index (χ2v) is 4.82. The average Bonchev–Trinajstić information content (AvgIpc) is 2.39. The molecule has 3 heteroatoms. The largest absolute Gasteiger partial charge is 0.486 e. The fraction of sp³-hybridized carbons (Fsp3) is 0.250. The summed E-state index contributed by atoms with van der Waals surface area (Å²) in [5.74, 6) is 0.871. The molecule has 1 atom stereocenters. The van der Waals surface area contributed by atoms with Crippen molar-refractivity contribution in [3.8, 4) is 5.75 Å². The number of rotatable bonds is 4. The second kappa shape index (κ2) is 5.65. The molecule has 0 spiro atoms. The van der Waals surface area contributed by atoms with Gasteiger partial charge in [-0.3, -0.25) is 0 Å². The molecule has 0 amide bonds. The first kappa shape index (κ1) is 13.3. The smallest absolute Gasteiger partial charge is 0.122 e. The van der Waals surface area contributed by atoms with Gasteiger partial charge in [-0.05, 0) is 36.8 Å². The molecule has 19 heavy (non-hydrogen) atoms. The molecule has 0 aliphatic heterocycles. The number of benzene rings is 2. The van der Waals surface area contributed by atoms with Crippen LogP contribution in [0.1, 0.15) is 18.6 Å². The van der Waals surface area contributed by atoms with Crippen molar-refractivity contribution in [3.05, 3.63) is 54.1 Å². The van der Waals surface area contributed by atoms with Gasteiger partial charge in [-0.25, -0.2) is 0 Å². The number of nitrogens with two attached hydrogens (primary N) is 1. The molecule has 0 aliphatic rings. The number of anilines is 2. The Morgan fingerprint density at radius 1 is 1.05 bits per heavy atom. The van der Waals surface area contributed by atoms with E-state index in [1.165, 1.54) is 0 Å². The summed E-state index contributed by atoms with van der Waals surface area (Å²) < 4.78 is 5.96. The number of nitrogens with zero attached hydrogens (tertiary/aromatic N) is 1. The summed E-state index contributed by atoms with van der Waals surface area (Å²) in [5.41, 5.74) is 8.70. The summed E-state index contributed by atoms with van der Waals surface area (Å²) in [6, 6.07) is 15.8. The second-order valence-electron chi connectivity index (χ2n) is 4.82. The highest BCUT2D eigenvalue weighted by Gasteiger charge is 2.07. The van der Waals surface area contributed by atoms with Gasteiger partial charge in [0, 0.05) is 31.5 Å². The van der Waals surface area contributed by atoms with Crippen molar-refractivity contribution >= 4 is 11.4 Å². The summed E-state index contributed by atoms with van der Waals surface area (Å²) in [7, 11) is 4.03. The molecule has 3 nitrogen and oxygen atoms in total. The molecule has 2 rings (SSSR count). The Morgan fingerprint density at radius 3 is 2.37 bits per heavy atom. The number of hydrogen-bond donors (Lipinski definition) is 1. The standard InChI is InChI=1S/C16H20N2O/c1-12(13-7-9-14(17)10-8-13)19-16-6-4-5-15(11-16)18(2)3/h4-12H,17H2,1-3H3. The van der Waals surface area contributed by atoms with Crippen LogP contribution < -0.4 is 15.4 Å². The van der Waals surface area contributed by atoms with E-state index < -0.39 is 0 Å². The van der Waals surface area contributed by atoms with Gasteiger partial charge in [-0.15, -0.1) is 0 Å². The lowest BCUT2D eigenvalue weighted by molar-refractivity contribution is 0.227. The van der Waals surface area contributed by atoms with E-state index in [1.54, 1.807) is 0 Å². The molecule has 100 valence electrons. The maximum Gasteiger partial charge on any atom is 0.122 e. The van der Waals surface area contributed by atoms with Gasteiger partial charge < -0.3 is 15.4 Å². The first-order chi connectivity index (χ1) is 9.06. The molecule has 0 bridgehead atoms. The fourth-order valence-corrected chi connectivity index (χ4v) is 1.87. The predicted molar refractivity (Wildman–Crippen MR) is 80.7 cm³/mol. The monoisotopic (exact) mass is 256 g/mol. The van der Waals surface area contributed by atoms with Crippen LogP contribution in [-0.4, -0.2) is 14.1 Å². The van der Waals surface area contributed by atoms with Crippen molar-refractivity contribution in [2.24, 2.45) is 0 Å². The molecule has 0 saturated heterocycles. The zero-order valence-corrected chi connectivity index (χ0v) is 11.6. The van der Waals surface area contributed by atoms with E-state index in [-0.39, 0.29) is 6.10 Å². The quantitative estimate of drug-likeness (QED) is 0.851. The lowest BCUT2D eigenvalue weighted by Crippen LogP contribution is -2.09. The van der Waals surface area contributed by atoms with Gasteiger partial charge in [-0.2, -0.15) is 0 Å². The van der Waals surface area contributed by atoms with E-state index in [1.807, 2.05) is 63.5 Å². The molecule has 0 aromatic heterocycles. The van der Waals surface area contributed by atoms with Crippen LogP contribution in [0.3, 0.4) is 0 Å². The number of nitrogen functional groups attached to an aromatic ring is 1. The van der Waals surface area contributed by atoms with Crippen LogP contribution >= 0.6 is 0 Å². The topological polar surface area (TPSA) is 38.5 Å². The molecule has 0 saturated carbocycles. The van der Waals surface area contributed by atoms with Crippen molar-refractivity contribution in [3.63, 3.8) is 0 Å². The van der Waals surface area contributed by atoms with Crippen molar-refractivity contribution in [1.29, 1.82) is 0 Å². The molecule has 2 N–H and O–H groups in total. The lowest BCUT2D eigenvalue weighted by atomic mass is 10.1. The van der Waals surface area contributed by atoms with Crippen molar-refractivity contribution < 1.29 is 4.74 Å². The molecule has 0 aliphatic carbocycles. The zero-order chi connectivity index (χ0) is 13.8. The highest BCUT2D eigenvalue weighted by Crippen LogP contribution is 2.25. The summed E-state index contributed by atoms with van der Waals surface area (Å²) in [5, 5.41) is 0. The van der Waals surface area contributed by atoms with E-state index in [4.69, 9.17) is 10.5 Å². The predicted octanol–water partition coefficient (Wildman–Crippen LogP) is 3.47. The van der Waals surface area contributed by atoms with E-state index in [9.17, 15) is 0 Å². The molecule has 0 radical (unpaired) electrons. The Hall–Kier alpha value is -2.16. The average molecular weight is 256 g/mol. The molecule has 2 aromatic carbocycles. The Bertz CT molecular complexity index is 535. The highest BCUT2D eigenvalue weighted by atomic mass is 16.5. The molecular weight excluding hydrogens is 236 g/mol. The van der Waals surface area contributed by atoms with Gasteiger partial charge in [0.05, 0.1) is 0 Å². The lowest BCUT2D eigenvalue weighted by Gasteiger charge is -2.18. The van der Waals surface area contributed by atoms with Crippen molar-refractivity contribution in [2.45, 2.75) is 13.0 Å². The summed E-state index contributed by atoms with van der Waals surface area (Å²) in [6.45, 7) is 2.04. The van der Waals surface area contributed by atoms with Crippen LogP contribution in [0.4, 0.5) is 11.4 Å². The third-order valence-electron chi connectivity index (χ3n) is 3.05. The van der Waals surface area contributed by atoms with Gasteiger partial charge in [0.2, 0.25) is 0 Å². The van der Waals surface area contributed by atoms with E-state index in [0.29, 0.717) is 0 Å². The van der Waals surface area contributed by atoms with Crippen molar-refractivity contribution in [2.75, 3.05) is 24.7 Å². The highest BCUT2D eigenvalue weighted by molar-refractivity contribution is 5.49. The minimum atomic E-state index is -0.00184. The third-order valence-corrected chi connectivity index (χ3v) is 3.05.